The Bertz CT molecular complexity index is 608. The molecule has 2 aromatic rings. The second-order valence-corrected chi connectivity index (χ2v) is 5.78. The zero-order valence-electron chi connectivity index (χ0n) is 10.8. The lowest BCUT2D eigenvalue weighted by Crippen LogP contribution is -2.11. The topological polar surface area (TPSA) is 34.2 Å². The van der Waals surface area contributed by atoms with E-state index in [0.717, 1.165) is 23.1 Å². The van der Waals surface area contributed by atoms with Crippen molar-refractivity contribution in [1.82, 2.24) is 10.3 Å². The number of hydrogen-bond acceptors (Lipinski definition) is 3. The molecule has 1 aromatic carbocycles. The molecule has 1 N–H and O–H groups in total. The third-order valence-corrected chi connectivity index (χ3v) is 4.04. The molecule has 1 heterocycles. The molecule has 0 spiro atoms. The summed E-state index contributed by atoms with van der Waals surface area (Å²) in [6.45, 7) is 3.70. The zero-order valence-corrected chi connectivity index (χ0v) is 13.9. The Morgan fingerprint density at radius 2 is 2.00 bits per heavy atom. The fourth-order valence-electron chi connectivity index (χ4n) is 1.60. The Morgan fingerprint density at radius 1 is 1.20 bits per heavy atom. The van der Waals surface area contributed by atoms with Crippen LogP contribution < -0.4 is 10.1 Å². The number of ether oxygens (including phenoxy) is 1. The normalized spacial score (nSPS) is 10.6. The minimum absolute atomic E-state index is 0.485. The van der Waals surface area contributed by atoms with Gasteiger partial charge in [0.05, 0.1) is 16.2 Å². The first-order chi connectivity index (χ1) is 9.60. The molecule has 0 aliphatic heterocycles. The number of nitrogens with zero attached hydrogens (tertiary/aromatic N) is 1. The molecule has 106 valence electrons. The zero-order chi connectivity index (χ0) is 14.5. The summed E-state index contributed by atoms with van der Waals surface area (Å²) in [6.07, 6.45) is 3.44. The van der Waals surface area contributed by atoms with Gasteiger partial charge in [-0.1, -0.05) is 30.1 Å². The summed E-state index contributed by atoms with van der Waals surface area (Å²) in [5.74, 6) is 1.13. The molecule has 2 rings (SSSR count). The van der Waals surface area contributed by atoms with Crippen molar-refractivity contribution in [1.29, 1.82) is 0 Å². The molecule has 0 aliphatic rings. The first kappa shape index (κ1) is 15.6. The lowest BCUT2D eigenvalue weighted by molar-refractivity contribution is 0.479. The van der Waals surface area contributed by atoms with Gasteiger partial charge in [-0.3, -0.25) is 4.98 Å². The minimum atomic E-state index is 0.485. The standard InChI is InChI=1S/C14H13BrCl2N2O/c1-2-18-6-9-3-10(8-19-7-9)20-14-5-12(16)11(15)4-13(14)17/h3-5,7-8,18H,2,6H2,1H3. The molecular formula is C14H13BrCl2N2O. The molecule has 0 unspecified atom stereocenters. The summed E-state index contributed by atoms with van der Waals surface area (Å²) in [5.41, 5.74) is 1.05. The Morgan fingerprint density at radius 3 is 2.75 bits per heavy atom. The van der Waals surface area contributed by atoms with Gasteiger partial charge in [0, 0.05) is 23.3 Å². The van der Waals surface area contributed by atoms with E-state index in [9.17, 15) is 0 Å². The molecule has 0 atom stereocenters. The SMILES string of the molecule is CCNCc1cncc(Oc2cc(Cl)c(Br)cc2Cl)c1. The minimum Gasteiger partial charge on any atom is -0.454 e. The third-order valence-electron chi connectivity index (χ3n) is 2.55. The molecule has 0 amide bonds. The van der Waals surface area contributed by atoms with Gasteiger partial charge < -0.3 is 10.1 Å². The number of benzene rings is 1. The highest BCUT2D eigenvalue weighted by molar-refractivity contribution is 9.10. The number of nitrogens with one attached hydrogen (secondary N) is 1. The van der Waals surface area contributed by atoms with E-state index in [0.29, 0.717) is 21.5 Å². The molecule has 0 radical (unpaired) electrons. The molecule has 0 bridgehead atoms. The number of rotatable bonds is 5. The molecule has 0 saturated carbocycles. The quantitative estimate of drug-likeness (QED) is 0.742. The monoisotopic (exact) mass is 374 g/mol. The molecule has 0 saturated heterocycles. The van der Waals surface area contributed by atoms with E-state index in [2.05, 4.69) is 33.2 Å². The van der Waals surface area contributed by atoms with Gasteiger partial charge in [-0.05, 0) is 40.2 Å². The summed E-state index contributed by atoms with van der Waals surface area (Å²) in [7, 11) is 0. The van der Waals surface area contributed by atoms with Gasteiger partial charge in [0.15, 0.2) is 0 Å². The Balaban J connectivity index is 2.19. The van der Waals surface area contributed by atoms with Crippen LogP contribution in [0.25, 0.3) is 0 Å². The van der Waals surface area contributed by atoms with Crippen molar-refractivity contribution in [2.75, 3.05) is 6.54 Å². The predicted molar refractivity (Wildman–Crippen MR) is 85.9 cm³/mol. The van der Waals surface area contributed by atoms with Crippen LogP contribution in [0, 0.1) is 0 Å². The van der Waals surface area contributed by atoms with Crippen LogP contribution in [0.1, 0.15) is 12.5 Å². The maximum absolute atomic E-state index is 6.13. The lowest BCUT2D eigenvalue weighted by Gasteiger charge is -2.10. The van der Waals surface area contributed by atoms with Gasteiger partial charge >= 0.3 is 0 Å². The third kappa shape index (κ3) is 4.09. The van der Waals surface area contributed by atoms with Gasteiger partial charge in [-0.2, -0.15) is 0 Å². The molecule has 1 aromatic heterocycles. The van der Waals surface area contributed by atoms with Gasteiger partial charge in [-0.25, -0.2) is 0 Å². The van der Waals surface area contributed by atoms with E-state index in [1.165, 1.54) is 0 Å². The highest BCUT2D eigenvalue weighted by Crippen LogP contribution is 2.36. The fraction of sp³-hybridized carbons (Fsp3) is 0.214. The average molecular weight is 376 g/mol. The van der Waals surface area contributed by atoms with Crippen LogP contribution >= 0.6 is 39.1 Å². The lowest BCUT2D eigenvalue weighted by atomic mass is 10.2. The molecule has 0 aliphatic carbocycles. The summed E-state index contributed by atoms with van der Waals surface area (Å²) >= 11 is 15.5. The van der Waals surface area contributed by atoms with Crippen LogP contribution in [-0.2, 0) is 6.54 Å². The Hall–Kier alpha value is -0.810. The molecule has 3 nitrogen and oxygen atoms in total. The number of aromatic nitrogens is 1. The molecule has 0 fully saturated rings. The van der Waals surface area contributed by atoms with Gasteiger partial charge in [0.2, 0.25) is 0 Å². The summed E-state index contributed by atoms with van der Waals surface area (Å²) in [5, 5.41) is 4.26. The van der Waals surface area contributed by atoms with Crippen molar-refractivity contribution < 1.29 is 4.74 Å². The maximum atomic E-state index is 6.13. The first-order valence-corrected chi connectivity index (χ1v) is 7.62. The highest BCUT2D eigenvalue weighted by Gasteiger charge is 2.08. The number of halogens is 3. The van der Waals surface area contributed by atoms with Crippen LogP contribution in [0.2, 0.25) is 10.0 Å². The van der Waals surface area contributed by atoms with E-state index in [1.54, 1.807) is 24.5 Å². The van der Waals surface area contributed by atoms with Crippen molar-refractivity contribution in [2.24, 2.45) is 0 Å². The van der Waals surface area contributed by atoms with E-state index >= 15 is 0 Å². The van der Waals surface area contributed by atoms with E-state index in [1.807, 2.05) is 6.07 Å². The Labute approximate surface area is 136 Å². The van der Waals surface area contributed by atoms with Crippen LogP contribution in [0.3, 0.4) is 0 Å². The molecule has 20 heavy (non-hydrogen) atoms. The summed E-state index contributed by atoms with van der Waals surface area (Å²) in [4.78, 5) is 4.15. The van der Waals surface area contributed by atoms with Crippen molar-refractivity contribution in [3.8, 4) is 11.5 Å². The van der Waals surface area contributed by atoms with Crippen molar-refractivity contribution in [3.05, 3.63) is 50.7 Å². The van der Waals surface area contributed by atoms with E-state index < -0.39 is 0 Å². The summed E-state index contributed by atoms with van der Waals surface area (Å²) in [6, 6.07) is 5.29. The van der Waals surface area contributed by atoms with Crippen LogP contribution in [0.5, 0.6) is 11.5 Å². The second-order valence-electron chi connectivity index (χ2n) is 4.11. The Kier molecular flexibility index (Phi) is 5.66. The van der Waals surface area contributed by atoms with Crippen molar-refractivity contribution in [2.45, 2.75) is 13.5 Å². The molecule has 6 heteroatoms. The second kappa shape index (κ2) is 7.27. The van der Waals surface area contributed by atoms with E-state index in [4.69, 9.17) is 27.9 Å². The highest BCUT2D eigenvalue weighted by atomic mass is 79.9. The van der Waals surface area contributed by atoms with Crippen LogP contribution in [0.4, 0.5) is 0 Å². The van der Waals surface area contributed by atoms with Crippen molar-refractivity contribution in [3.63, 3.8) is 0 Å². The smallest absolute Gasteiger partial charge is 0.147 e. The van der Waals surface area contributed by atoms with Gasteiger partial charge in [-0.15, -0.1) is 0 Å². The summed E-state index contributed by atoms with van der Waals surface area (Å²) < 4.78 is 6.47. The van der Waals surface area contributed by atoms with Crippen molar-refractivity contribution >= 4 is 39.1 Å². The number of pyridine rings is 1. The van der Waals surface area contributed by atoms with Crippen LogP contribution in [-0.4, -0.2) is 11.5 Å². The first-order valence-electron chi connectivity index (χ1n) is 6.07. The van der Waals surface area contributed by atoms with E-state index in [-0.39, 0.29) is 0 Å². The maximum Gasteiger partial charge on any atom is 0.147 e. The molecular weight excluding hydrogens is 363 g/mol. The predicted octanol–water partition coefficient (Wildman–Crippen LogP) is 5.05. The van der Waals surface area contributed by atoms with Gasteiger partial charge in [0.25, 0.3) is 0 Å². The van der Waals surface area contributed by atoms with Crippen LogP contribution in [0.15, 0.2) is 35.1 Å². The van der Waals surface area contributed by atoms with Gasteiger partial charge in [0.1, 0.15) is 11.5 Å². The fourth-order valence-corrected chi connectivity index (χ4v) is 2.43. The largest absolute Gasteiger partial charge is 0.454 e. The average Bonchev–Trinajstić information content (AvgIpc) is 2.43. The number of hydrogen-bond donors (Lipinski definition) is 1.